The van der Waals surface area contributed by atoms with Gasteiger partial charge in [0, 0.05) is 0 Å². The maximum absolute atomic E-state index is 12.4. The number of hydrogen-bond acceptors (Lipinski definition) is 4. The van der Waals surface area contributed by atoms with Crippen LogP contribution in [0, 0.1) is 0 Å². The van der Waals surface area contributed by atoms with Crippen LogP contribution < -0.4 is 24.8 Å². The lowest BCUT2D eigenvalue weighted by atomic mass is 10.0. The van der Waals surface area contributed by atoms with Crippen LogP contribution in [0.1, 0.15) is 24.9 Å². The van der Waals surface area contributed by atoms with Crippen molar-refractivity contribution in [1.82, 2.24) is 5.32 Å². The van der Waals surface area contributed by atoms with Gasteiger partial charge in [0.2, 0.25) is 0 Å². The lowest BCUT2D eigenvalue weighted by Crippen LogP contribution is -2.32. The SMILES string of the molecule is CC[C@H](NC(=O)Nc1ccccc1OC)c1ccc(OC)c(OC)c1. The van der Waals surface area contributed by atoms with E-state index in [1.165, 1.54) is 0 Å². The zero-order valence-corrected chi connectivity index (χ0v) is 15.0. The third-order valence-electron chi connectivity index (χ3n) is 3.88. The van der Waals surface area contributed by atoms with Gasteiger partial charge >= 0.3 is 6.03 Å². The summed E-state index contributed by atoms with van der Waals surface area (Å²) in [4.78, 5) is 12.4. The second-order valence-corrected chi connectivity index (χ2v) is 5.37. The van der Waals surface area contributed by atoms with Crippen LogP contribution in [-0.4, -0.2) is 27.4 Å². The maximum atomic E-state index is 12.4. The molecule has 0 saturated heterocycles. The fraction of sp³-hybridized carbons (Fsp3) is 0.316. The van der Waals surface area contributed by atoms with Crippen LogP contribution in [0.2, 0.25) is 0 Å². The van der Waals surface area contributed by atoms with Crippen LogP contribution in [0.3, 0.4) is 0 Å². The molecule has 2 aromatic rings. The number of methoxy groups -OCH3 is 3. The van der Waals surface area contributed by atoms with Crippen molar-refractivity contribution >= 4 is 11.7 Å². The molecule has 0 aromatic heterocycles. The van der Waals surface area contributed by atoms with Crippen molar-refractivity contribution in [3.8, 4) is 17.2 Å². The summed E-state index contributed by atoms with van der Waals surface area (Å²) in [6, 6.07) is 12.4. The summed E-state index contributed by atoms with van der Waals surface area (Å²) in [6.07, 6.45) is 0.731. The first-order valence-corrected chi connectivity index (χ1v) is 8.05. The highest BCUT2D eigenvalue weighted by Gasteiger charge is 2.16. The summed E-state index contributed by atoms with van der Waals surface area (Å²) in [5.74, 6) is 1.89. The number of urea groups is 1. The van der Waals surface area contributed by atoms with Crippen molar-refractivity contribution in [2.45, 2.75) is 19.4 Å². The quantitative estimate of drug-likeness (QED) is 0.797. The van der Waals surface area contributed by atoms with Gasteiger partial charge in [0.05, 0.1) is 33.1 Å². The Morgan fingerprint density at radius 2 is 1.64 bits per heavy atom. The smallest absolute Gasteiger partial charge is 0.319 e. The van der Waals surface area contributed by atoms with E-state index in [1.807, 2.05) is 37.3 Å². The summed E-state index contributed by atoms with van der Waals surface area (Å²) in [6.45, 7) is 2.00. The Balaban J connectivity index is 2.12. The Labute approximate surface area is 148 Å². The minimum absolute atomic E-state index is 0.158. The summed E-state index contributed by atoms with van der Waals surface area (Å²) in [5, 5.41) is 5.79. The lowest BCUT2D eigenvalue weighted by Gasteiger charge is -2.20. The molecule has 134 valence electrons. The molecule has 0 radical (unpaired) electrons. The largest absolute Gasteiger partial charge is 0.495 e. The van der Waals surface area contributed by atoms with Gasteiger partial charge in [-0.1, -0.05) is 25.1 Å². The fourth-order valence-electron chi connectivity index (χ4n) is 2.56. The van der Waals surface area contributed by atoms with Crippen LogP contribution in [0.5, 0.6) is 17.2 Å². The van der Waals surface area contributed by atoms with Crippen LogP contribution in [-0.2, 0) is 0 Å². The first-order chi connectivity index (χ1) is 12.1. The highest BCUT2D eigenvalue weighted by molar-refractivity contribution is 5.91. The number of carbonyl (C=O) groups excluding carboxylic acids is 1. The minimum Gasteiger partial charge on any atom is -0.495 e. The highest BCUT2D eigenvalue weighted by Crippen LogP contribution is 2.31. The second kappa shape index (κ2) is 8.82. The van der Waals surface area contributed by atoms with Gasteiger partial charge in [0.1, 0.15) is 5.75 Å². The maximum Gasteiger partial charge on any atom is 0.319 e. The topological polar surface area (TPSA) is 68.8 Å². The Kier molecular flexibility index (Phi) is 6.51. The first kappa shape index (κ1) is 18.4. The van der Waals surface area contributed by atoms with Gasteiger partial charge in [-0.25, -0.2) is 4.79 Å². The van der Waals surface area contributed by atoms with E-state index in [2.05, 4.69) is 10.6 Å². The summed E-state index contributed by atoms with van der Waals surface area (Å²) < 4.78 is 15.8. The Morgan fingerprint density at radius 1 is 0.960 bits per heavy atom. The highest BCUT2D eigenvalue weighted by atomic mass is 16.5. The van der Waals surface area contributed by atoms with E-state index >= 15 is 0 Å². The van der Waals surface area contributed by atoms with Gasteiger partial charge in [-0.2, -0.15) is 0 Å². The van der Waals surface area contributed by atoms with Crippen molar-refractivity contribution in [3.63, 3.8) is 0 Å². The standard InChI is InChI=1S/C19H24N2O4/c1-5-14(13-10-11-17(24-3)18(12-13)25-4)20-19(22)21-15-8-6-7-9-16(15)23-2/h6-12,14H,5H2,1-4H3,(H2,20,21,22)/t14-/m0/s1. The van der Waals surface area contributed by atoms with E-state index in [-0.39, 0.29) is 12.1 Å². The molecule has 6 nitrogen and oxygen atoms in total. The average molecular weight is 344 g/mol. The molecule has 25 heavy (non-hydrogen) atoms. The van der Waals surface area contributed by atoms with Crippen LogP contribution in [0.15, 0.2) is 42.5 Å². The third kappa shape index (κ3) is 4.56. The van der Waals surface area contributed by atoms with E-state index in [4.69, 9.17) is 14.2 Å². The minimum atomic E-state index is -0.300. The number of carbonyl (C=O) groups is 1. The van der Waals surface area contributed by atoms with Gasteiger partial charge in [0.25, 0.3) is 0 Å². The van der Waals surface area contributed by atoms with Crippen LogP contribution in [0.25, 0.3) is 0 Å². The molecule has 0 heterocycles. The van der Waals surface area contributed by atoms with E-state index in [1.54, 1.807) is 33.5 Å². The predicted octanol–water partition coefficient (Wildman–Crippen LogP) is 3.99. The fourth-order valence-corrected chi connectivity index (χ4v) is 2.56. The van der Waals surface area contributed by atoms with Gasteiger partial charge in [-0.05, 0) is 36.2 Å². The van der Waals surface area contributed by atoms with Crippen LogP contribution >= 0.6 is 0 Å². The Bertz CT molecular complexity index is 718. The summed E-state index contributed by atoms with van der Waals surface area (Å²) in [5.41, 5.74) is 1.56. The normalized spacial score (nSPS) is 11.4. The summed E-state index contributed by atoms with van der Waals surface area (Å²) >= 11 is 0. The predicted molar refractivity (Wildman–Crippen MR) is 97.7 cm³/mol. The molecule has 0 saturated carbocycles. The number of para-hydroxylation sites is 2. The number of ether oxygens (including phenoxy) is 3. The van der Waals surface area contributed by atoms with E-state index in [0.29, 0.717) is 22.9 Å². The molecule has 0 bridgehead atoms. The molecule has 0 aliphatic heterocycles. The molecule has 0 aliphatic carbocycles. The van der Waals surface area contributed by atoms with Gasteiger partial charge in [-0.3, -0.25) is 0 Å². The first-order valence-electron chi connectivity index (χ1n) is 8.05. The summed E-state index contributed by atoms with van der Waals surface area (Å²) in [7, 11) is 4.75. The number of nitrogens with one attached hydrogen (secondary N) is 2. The molecule has 2 rings (SSSR count). The molecule has 2 aromatic carbocycles. The van der Waals surface area contributed by atoms with Crippen molar-refractivity contribution in [2.24, 2.45) is 0 Å². The average Bonchev–Trinajstić information content (AvgIpc) is 2.65. The van der Waals surface area contributed by atoms with Crippen molar-refractivity contribution in [2.75, 3.05) is 26.6 Å². The number of rotatable bonds is 7. The molecule has 1 atom stereocenters. The van der Waals surface area contributed by atoms with Crippen molar-refractivity contribution in [3.05, 3.63) is 48.0 Å². The molecular formula is C19H24N2O4. The van der Waals surface area contributed by atoms with E-state index < -0.39 is 0 Å². The van der Waals surface area contributed by atoms with Crippen molar-refractivity contribution < 1.29 is 19.0 Å². The van der Waals surface area contributed by atoms with Gasteiger partial charge in [0.15, 0.2) is 11.5 Å². The van der Waals surface area contributed by atoms with Gasteiger partial charge in [-0.15, -0.1) is 0 Å². The molecular weight excluding hydrogens is 320 g/mol. The number of benzene rings is 2. The Hall–Kier alpha value is -2.89. The monoisotopic (exact) mass is 344 g/mol. The molecule has 6 heteroatoms. The molecule has 2 amide bonds. The lowest BCUT2D eigenvalue weighted by molar-refractivity contribution is 0.248. The second-order valence-electron chi connectivity index (χ2n) is 5.37. The van der Waals surface area contributed by atoms with Crippen LogP contribution in [0.4, 0.5) is 10.5 Å². The third-order valence-corrected chi connectivity index (χ3v) is 3.88. The Morgan fingerprint density at radius 3 is 2.28 bits per heavy atom. The zero-order valence-electron chi connectivity index (χ0n) is 15.0. The van der Waals surface area contributed by atoms with E-state index in [9.17, 15) is 4.79 Å². The van der Waals surface area contributed by atoms with E-state index in [0.717, 1.165) is 12.0 Å². The van der Waals surface area contributed by atoms with Crippen molar-refractivity contribution in [1.29, 1.82) is 0 Å². The number of anilines is 1. The molecule has 0 unspecified atom stereocenters. The molecule has 2 N–H and O–H groups in total. The molecule has 0 spiro atoms. The zero-order chi connectivity index (χ0) is 18.2. The molecule has 0 fully saturated rings. The number of amides is 2. The van der Waals surface area contributed by atoms with Gasteiger partial charge < -0.3 is 24.8 Å². The number of hydrogen-bond donors (Lipinski definition) is 2. The molecule has 0 aliphatic rings.